The molecule has 0 saturated carbocycles. The number of rotatable bonds is 3. The van der Waals surface area contributed by atoms with Crippen LogP contribution < -0.4 is 0 Å². The minimum Gasteiger partial charge on any atom is -0.352 e. The molecule has 124 valence electrons. The molecule has 0 spiro atoms. The maximum absolute atomic E-state index is 12.6. The highest BCUT2D eigenvalue weighted by atomic mass is 35.5. The first-order chi connectivity index (χ1) is 11.4. The highest BCUT2D eigenvalue weighted by Gasteiger charge is 2.35. The number of hydrogen-bond donors (Lipinski definition) is 0. The van der Waals surface area contributed by atoms with E-state index in [1.54, 1.807) is 18.2 Å². The van der Waals surface area contributed by atoms with Crippen molar-refractivity contribution in [2.75, 3.05) is 0 Å². The second-order valence-electron chi connectivity index (χ2n) is 5.78. The van der Waals surface area contributed by atoms with Gasteiger partial charge in [-0.15, -0.1) is 0 Å². The number of halogens is 1. The Labute approximate surface area is 150 Å². The zero-order chi connectivity index (χ0) is 17.4. The van der Waals surface area contributed by atoms with E-state index in [9.17, 15) is 9.59 Å². The summed E-state index contributed by atoms with van der Waals surface area (Å²) < 4.78 is 2.06. The normalized spacial score (nSPS) is 16.5. The molecule has 3 rings (SSSR count). The summed E-state index contributed by atoms with van der Waals surface area (Å²) in [4.78, 5) is 26.5. The van der Waals surface area contributed by atoms with Crippen LogP contribution in [-0.2, 0) is 18.4 Å². The number of aryl methyl sites for hydroxylation is 1. The number of benzene rings is 1. The Morgan fingerprint density at radius 2 is 1.83 bits per heavy atom. The van der Waals surface area contributed by atoms with Crippen molar-refractivity contribution in [1.82, 2.24) is 9.47 Å². The van der Waals surface area contributed by atoms with Crippen LogP contribution in [0.25, 0.3) is 6.08 Å². The van der Waals surface area contributed by atoms with Crippen molar-refractivity contribution < 1.29 is 9.59 Å². The molecule has 1 aliphatic heterocycles. The van der Waals surface area contributed by atoms with E-state index in [2.05, 4.69) is 4.57 Å². The van der Waals surface area contributed by atoms with E-state index in [1.807, 2.05) is 39.1 Å². The second kappa shape index (κ2) is 6.49. The van der Waals surface area contributed by atoms with E-state index in [1.165, 1.54) is 4.90 Å². The molecule has 1 aliphatic rings. The Morgan fingerprint density at radius 3 is 2.42 bits per heavy atom. The molecule has 0 bridgehead atoms. The van der Waals surface area contributed by atoms with E-state index < -0.39 is 0 Å². The van der Waals surface area contributed by atoms with Gasteiger partial charge in [-0.3, -0.25) is 14.5 Å². The van der Waals surface area contributed by atoms with Gasteiger partial charge < -0.3 is 4.57 Å². The van der Waals surface area contributed by atoms with Crippen molar-refractivity contribution in [1.29, 1.82) is 0 Å². The van der Waals surface area contributed by atoms with Gasteiger partial charge in [0, 0.05) is 23.5 Å². The lowest BCUT2D eigenvalue weighted by Gasteiger charge is -2.12. The van der Waals surface area contributed by atoms with Crippen LogP contribution in [0.3, 0.4) is 0 Å². The number of aromatic nitrogens is 1. The average molecular weight is 361 g/mol. The van der Waals surface area contributed by atoms with Gasteiger partial charge in [0.15, 0.2) is 0 Å². The number of nitrogens with zero attached hydrogens (tertiary/aromatic N) is 2. The zero-order valence-electron chi connectivity index (χ0n) is 13.7. The Morgan fingerprint density at radius 1 is 1.17 bits per heavy atom. The smallest absolute Gasteiger partial charge is 0.293 e. The fourth-order valence-electron chi connectivity index (χ4n) is 2.58. The lowest BCUT2D eigenvalue weighted by molar-refractivity contribution is -0.123. The maximum Gasteiger partial charge on any atom is 0.293 e. The quantitative estimate of drug-likeness (QED) is 0.755. The van der Waals surface area contributed by atoms with Gasteiger partial charge >= 0.3 is 0 Å². The third kappa shape index (κ3) is 3.14. The monoisotopic (exact) mass is 360 g/mol. The number of imide groups is 1. The molecule has 1 aromatic carbocycles. The standard InChI is InChI=1S/C18H17ClN2O2S/c1-11-8-14(12(2)20(11)3)9-16-17(22)21(18(23)24-16)10-13-4-6-15(19)7-5-13/h4-9H,10H2,1-3H3/b16-9-. The van der Waals surface area contributed by atoms with E-state index in [0.717, 1.165) is 34.3 Å². The second-order valence-corrected chi connectivity index (χ2v) is 7.21. The number of carbonyl (C=O) groups is 2. The molecule has 1 saturated heterocycles. The lowest BCUT2D eigenvalue weighted by atomic mass is 10.2. The molecule has 2 amide bonds. The van der Waals surface area contributed by atoms with E-state index in [0.29, 0.717) is 9.93 Å². The highest BCUT2D eigenvalue weighted by molar-refractivity contribution is 8.18. The minimum atomic E-state index is -0.249. The summed E-state index contributed by atoms with van der Waals surface area (Å²) in [6.07, 6.45) is 1.80. The van der Waals surface area contributed by atoms with Gasteiger partial charge in [0.05, 0.1) is 11.4 Å². The molecule has 0 radical (unpaired) electrons. The highest BCUT2D eigenvalue weighted by Crippen LogP contribution is 2.34. The van der Waals surface area contributed by atoms with Crippen molar-refractivity contribution in [2.24, 2.45) is 7.05 Å². The average Bonchev–Trinajstić information content (AvgIpc) is 2.95. The van der Waals surface area contributed by atoms with E-state index in [4.69, 9.17) is 11.6 Å². The Kier molecular flexibility index (Phi) is 4.56. The SMILES string of the molecule is Cc1cc(/C=C2\SC(=O)N(Cc3ccc(Cl)cc3)C2=O)c(C)n1C. The van der Waals surface area contributed by atoms with E-state index in [-0.39, 0.29) is 17.7 Å². The van der Waals surface area contributed by atoms with Crippen molar-refractivity contribution in [3.8, 4) is 0 Å². The van der Waals surface area contributed by atoms with Crippen LogP contribution in [0.5, 0.6) is 0 Å². The van der Waals surface area contributed by atoms with Gasteiger partial charge in [-0.25, -0.2) is 0 Å². The molecular weight excluding hydrogens is 344 g/mol. The topological polar surface area (TPSA) is 42.3 Å². The molecule has 2 aromatic rings. The summed E-state index contributed by atoms with van der Waals surface area (Å²) in [6, 6.07) is 9.16. The zero-order valence-corrected chi connectivity index (χ0v) is 15.2. The predicted octanol–water partition coefficient (Wildman–Crippen LogP) is 4.53. The van der Waals surface area contributed by atoms with Gasteiger partial charge in [0.2, 0.25) is 0 Å². The summed E-state index contributed by atoms with van der Waals surface area (Å²) in [5, 5.41) is 0.384. The number of amides is 2. The summed E-state index contributed by atoms with van der Waals surface area (Å²) in [6.45, 7) is 4.26. The van der Waals surface area contributed by atoms with Crippen LogP contribution in [0.4, 0.5) is 4.79 Å². The molecule has 6 heteroatoms. The molecule has 0 unspecified atom stereocenters. The fourth-order valence-corrected chi connectivity index (χ4v) is 3.54. The first kappa shape index (κ1) is 16.9. The molecule has 1 fully saturated rings. The van der Waals surface area contributed by atoms with Crippen molar-refractivity contribution in [2.45, 2.75) is 20.4 Å². The molecule has 1 aromatic heterocycles. The number of carbonyl (C=O) groups excluding carboxylic acids is 2. The summed E-state index contributed by atoms with van der Waals surface area (Å²) in [5.74, 6) is -0.249. The first-order valence-corrected chi connectivity index (χ1v) is 8.69. The van der Waals surface area contributed by atoms with Gasteiger partial charge in [-0.05, 0) is 61.0 Å². The van der Waals surface area contributed by atoms with Gasteiger partial charge in [0.1, 0.15) is 0 Å². The Bertz CT molecular complexity index is 853. The molecule has 2 heterocycles. The fraction of sp³-hybridized carbons (Fsp3) is 0.222. The molecule has 0 atom stereocenters. The van der Waals surface area contributed by atoms with Crippen LogP contribution in [0, 0.1) is 13.8 Å². The van der Waals surface area contributed by atoms with Gasteiger partial charge in [0.25, 0.3) is 11.1 Å². The van der Waals surface area contributed by atoms with Crippen molar-refractivity contribution in [3.05, 3.63) is 62.8 Å². The van der Waals surface area contributed by atoms with Gasteiger partial charge in [-0.2, -0.15) is 0 Å². The predicted molar refractivity (Wildman–Crippen MR) is 97.9 cm³/mol. The molecular formula is C18H17ClN2O2S. The lowest BCUT2D eigenvalue weighted by Crippen LogP contribution is -2.27. The first-order valence-electron chi connectivity index (χ1n) is 7.49. The van der Waals surface area contributed by atoms with Gasteiger partial charge in [-0.1, -0.05) is 23.7 Å². The number of thioether (sulfide) groups is 1. The molecule has 0 N–H and O–H groups in total. The largest absolute Gasteiger partial charge is 0.352 e. The minimum absolute atomic E-state index is 0.244. The Hall–Kier alpha value is -1.98. The number of hydrogen-bond acceptors (Lipinski definition) is 3. The Balaban J connectivity index is 1.84. The maximum atomic E-state index is 12.6. The van der Waals surface area contributed by atoms with Crippen molar-refractivity contribution in [3.63, 3.8) is 0 Å². The third-order valence-corrected chi connectivity index (χ3v) is 5.39. The summed E-state index contributed by atoms with van der Waals surface area (Å²) >= 11 is 6.85. The molecule has 0 aliphatic carbocycles. The molecule has 24 heavy (non-hydrogen) atoms. The van der Waals surface area contributed by atoms with E-state index >= 15 is 0 Å². The summed E-state index contributed by atoms with van der Waals surface area (Å²) in [5.41, 5.74) is 4.01. The van der Waals surface area contributed by atoms with Crippen LogP contribution in [0.15, 0.2) is 35.2 Å². The van der Waals surface area contributed by atoms with Crippen LogP contribution in [0.1, 0.15) is 22.5 Å². The summed E-state index contributed by atoms with van der Waals surface area (Å²) in [7, 11) is 1.98. The molecule has 4 nitrogen and oxygen atoms in total. The van der Waals surface area contributed by atoms with Crippen LogP contribution in [-0.4, -0.2) is 20.6 Å². The third-order valence-electron chi connectivity index (χ3n) is 4.23. The van der Waals surface area contributed by atoms with Crippen molar-refractivity contribution >= 4 is 40.6 Å². The van der Waals surface area contributed by atoms with Crippen LogP contribution >= 0.6 is 23.4 Å². The van der Waals surface area contributed by atoms with Crippen LogP contribution in [0.2, 0.25) is 5.02 Å².